The molecule has 0 amide bonds. The largest absolute Gasteiger partial charge is 0.428 e. The number of ether oxygens (including phenoxy) is 1. The monoisotopic (exact) mass is 399 g/mol. The van der Waals surface area contributed by atoms with Crippen molar-refractivity contribution < 1.29 is 14.8 Å². The highest BCUT2D eigenvalue weighted by atomic mass is 16.5. The Morgan fingerprint density at radius 1 is 0.867 bits per heavy atom. The van der Waals surface area contributed by atoms with Crippen LogP contribution in [0, 0.1) is 6.92 Å². The number of hydrogen-bond donors (Lipinski definition) is 2. The summed E-state index contributed by atoms with van der Waals surface area (Å²) < 4.78 is 7.05. The summed E-state index contributed by atoms with van der Waals surface area (Å²) in [5.74, 6) is 0. The third-order valence-electron chi connectivity index (χ3n) is 6.18. The summed E-state index contributed by atoms with van der Waals surface area (Å²) in [5.41, 5.74) is 6.45. The van der Waals surface area contributed by atoms with Crippen LogP contribution in [0.1, 0.15) is 22.7 Å². The van der Waals surface area contributed by atoms with Crippen molar-refractivity contribution in [3.8, 4) is 11.3 Å². The Morgan fingerprint density at radius 3 is 2.27 bits per heavy atom. The highest BCUT2D eigenvalue weighted by Gasteiger charge is 2.34. The predicted octanol–water partition coefficient (Wildman–Crippen LogP) is 3.86. The SMILES string of the molecule is Cc1ccc([C@@H](c2c(-c3ccccc3)n(O)c3ccccc23)[NH+]2CCOCC2)cc1. The van der Waals surface area contributed by atoms with Crippen LogP contribution in [0.25, 0.3) is 22.2 Å². The van der Waals surface area contributed by atoms with Gasteiger partial charge in [-0.25, -0.2) is 0 Å². The zero-order chi connectivity index (χ0) is 20.5. The summed E-state index contributed by atoms with van der Waals surface area (Å²) in [4.78, 5) is 1.47. The molecule has 0 unspecified atom stereocenters. The summed E-state index contributed by atoms with van der Waals surface area (Å²) in [6.07, 6.45) is 0. The maximum atomic E-state index is 11.2. The molecule has 1 saturated heterocycles. The average Bonchev–Trinajstić information content (AvgIpc) is 3.09. The van der Waals surface area contributed by atoms with Gasteiger partial charge in [-0.15, -0.1) is 0 Å². The Kier molecular flexibility index (Phi) is 5.03. The van der Waals surface area contributed by atoms with Crippen LogP contribution in [-0.2, 0) is 4.74 Å². The Bertz CT molecular complexity index is 1140. The molecule has 1 aliphatic rings. The fourth-order valence-electron chi connectivity index (χ4n) is 4.70. The van der Waals surface area contributed by atoms with Crippen LogP contribution in [-0.4, -0.2) is 36.2 Å². The van der Waals surface area contributed by atoms with Crippen molar-refractivity contribution in [1.82, 2.24) is 4.73 Å². The first kappa shape index (κ1) is 18.9. The lowest BCUT2D eigenvalue weighted by Crippen LogP contribution is -3.14. The smallest absolute Gasteiger partial charge is 0.142 e. The fourth-order valence-corrected chi connectivity index (χ4v) is 4.70. The van der Waals surface area contributed by atoms with Crippen LogP contribution >= 0.6 is 0 Å². The topological polar surface area (TPSA) is 38.8 Å². The molecule has 30 heavy (non-hydrogen) atoms. The Hall–Kier alpha value is -3.08. The van der Waals surface area contributed by atoms with E-state index in [0.29, 0.717) is 0 Å². The van der Waals surface area contributed by atoms with Crippen LogP contribution in [0.3, 0.4) is 0 Å². The van der Waals surface area contributed by atoms with E-state index < -0.39 is 0 Å². The molecule has 0 saturated carbocycles. The number of nitrogens with one attached hydrogen (secondary N) is 1. The zero-order valence-electron chi connectivity index (χ0n) is 17.2. The minimum Gasteiger partial charge on any atom is -0.428 e. The highest BCUT2D eigenvalue weighted by Crippen LogP contribution is 2.38. The second kappa shape index (κ2) is 7.98. The number of aromatic nitrogens is 1. The van der Waals surface area contributed by atoms with Crippen molar-refractivity contribution >= 4 is 10.9 Å². The van der Waals surface area contributed by atoms with Crippen molar-refractivity contribution in [2.24, 2.45) is 0 Å². The summed E-state index contributed by atoms with van der Waals surface area (Å²) in [7, 11) is 0. The van der Waals surface area contributed by atoms with Crippen molar-refractivity contribution in [1.29, 1.82) is 0 Å². The Balaban J connectivity index is 1.80. The minimum atomic E-state index is 0.114. The van der Waals surface area contributed by atoms with E-state index in [1.54, 1.807) is 0 Å². The normalized spacial score (nSPS) is 16.0. The molecule has 2 N–H and O–H groups in total. The highest BCUT2D eigenvalue weighted by molar-refractivity contribution is 5.92. The van der Waals surface area contributed by atoms with Crippen molar-refractivity contribution in [3.63, 3.8) is 0 Å². The van der Waals surface area contributed by atoms with Gasteiger partial charge in [-0.05, 0) is 13.0 Å². The van der Waals surface area contributed by atoms with Crippen LogP contribution in [0.2, 0.25) is 0 Å². The van der Waals surface area contributed by atoms with Gasteiger partial charge in [0.15, 0.2) is 0 Å². The summed E-state index contributed by atoms with van der Waals surface area (Å²) in [6, 6.07) is 27.3. The molecule has 5 rings (SSSR count). The fraction of sp³-hybridized carbons (Fsp3) is 0.231. The van der Waals surface area contributed by atoms with E-state index >= 15 is 0 Å². The first-order valence-electron chi connectivity index (χ1n) is 10.6. The minimum absolute atomic E-state index is 0.114. The molecule has 1 aromatic heterocycles. The number of hydrogen-bond acceptors (Lipinski definition) is 2. The van der Waals surface area contributed by atoms with Gasteiger partial charge in [0.05, 0.1) is 30.0 Å². The van der Waals surface area contributed by atoms with Crippen LogP contribution in [0.15, 0.2) is 78.9 Å². The molecule has 0 bridgehead atoms. The van der Waals surface area contributed by atoms with E-state index in [1.807, 2.05) is 30.3 Å². The number of rotatable bonds is 4. The number of quaternary nitrogens is 1. The number of benzene rings is 3. The third kappa shape index (κ3) is 3.28. The maximum absolute atomic E-state index is 11.2. The Labute approximate surface area is 176 Å². The summed E-state index contributed by atoms with van der Waals surface area (Å²) in [5, 5.41) is 12.3. The molecule has 0 aliphatic carbocycles. The lowest BCUT2D eigenvalue weighted by atomic mass is 9.91. The van der Waals surface area contributed by atoms with E-state index in [2.05, 4.69) is 55.5 Å². The number of aryl methyl sites for hydroxylation is 1. The molecule has 152 valence electrons. The number of fused-ring (bicyclic) bond motifs is 1. The molecular formula is C26H27N2O2+. The van der Waals surface area contributed by atoms with Gasteiger partial charge >= 0.3 is 0 Å². The van der Waals surface area contributed by atoms with Crippen molar-refractivity contribution in [2.75, 3.05) is 26.3 Å². The van der Waals surface area contributed by atoms with E-state index in [4.69, 9.17) is 4.74 Å². The van der Waals surface area contributed by atoms with Gasteiger partial charge in [-0.1, -0.05) is 78.4 Å². The van der Waals surface area contributed by atoms with Gasteiger partial charge in [-0.2, -0.15) is 4.73 Å². The van der Waals surface area contributed by atoms with Gasteiger partial charge in [0.2, 0.25) is 0 Å². The van der Waals surface area contributed by atoms with Crippen LogP contribution in [0.4, 0.5) is 0 Å². The first-order chi connectivity index (χ1) is 14.7. The standard InChI is InChI=1S/C26H26N2O2/c1-19-11-13-21(14-12-19)25(27-15-17-30-18-16-27)24-22-9-5-6-10-23(22)28(29)26(24)20-7-3-2-4-8-20/h2-14,25,29H,15-18H2,1H3/p+1/t25-/m0/s1. The number of para-hydroxylation sites is 1. The molecule has 1 aliphatic heterocycles. The van der Waals surface area contributed by atoms with E-state index in [1.165, 1.54) is 26.3 Å². The predicted molar refractivity (Wildman–Crippen MR) is 119 cm³/mol. The Morgan fingerprint density at radius 2 is 1.53 bits per heavy atom. The summed E-state index contributed by atoms with van der Waals surface area (Å²) >= 11 is 0. The molecule has 0 spiro atoms. The quantitative estimate of drug-likeness (QED) is 0.512. The first-order valence-corrected chi connectivity index (χ1v) is 10.6. The van der Waals surface area contributed by atoms with Crippen LogP contribution in [0.5, 0.6) is 0 Å². The number of nitrogens with zero attached hydrogens (tertiary/aromatic N) is 1. The van der Waals surface area contributed by atoms with Crippen LogP contribution < -0.4 is 4.90 Å². The third-order valence-corrected chi connectivity index (χ3v) is 6.18. The lowest BCUT2D eigenvalue weighted by molar-refractivity contribution is -0.932. The second-order valence-corrected chi connectivity index (χ2v) is 8.07. The van der Waals surface area contributed by atoms with Crippen molar-refractivity contribution in [2.45, 2.75) is 13.0 Å². The summed E-state index contributed by atoms with van der Waals surface area (Å²) in [6.45, 7) is 5.52. The van der Waals surface area contributed by atoms with E-state index in [0.717, 1.165) is 48.5 Å². The van der Waals surface area contributed by atoms with Gasteiger partial charge < -0.3 is 14.8 Å². The maximum Gasteiger partial charge on any atom is 0.142 e. The molecule has 4 nitrogen and oxygen atoms in total. The lowest BCUT2D eigenvalue weighted by Gasteiger charge is -2.32. The molecule has 3 aromatic carbocycles. The molecule has 4 aromatic rings. The van der Waals surface area contributed by atoms with Gasteiger partial charge in [0, 0.05) is 16.5 Å². The second-order valence-electron chi connectivity index (χ2n) is 8.07. The molecule has 4 heteroatoms. The van der Waals surface area contributed by atoms with E-state index in [-0.39, 0.29) is 6.04 Å². The van der Waals surface area contributed by atoms with Gasteiger partial charge in [-0.3, -0.25) is 0 Å². The molecule has 1 atom stereocenters. The molecule has 2 heterocycles. The average molecular weight is 400 g/mol. The molecular weight excluding hydrogens is 372 g/mol. The zero-order valence-corrected chi connectivity index (χ0v) is 17.2. The molecule has 0 radical (unpaired) electrons. The van der Waals surface area contributed by atoms with E-state index in [9.17, 15) is 5.21 Å². The molecule has 1 fully saturated rings. The van der Waals surface area contributed by atoms with Gasteiger partial charge in [0.25, 0.3) is 0 Å². The van der Waals surface area contributed by atoms with Gasteiger partial charge in [0.1, 0.15) is 19.1 Å². The number of morpholine rings is 1. The van der Waals surface area contributed by atoms with Crippen molar-refractivity contribution in [3.05, 3.63) is 95.6 Å².